The third kappa shape index (κ3) is 8.69. The van der Waals surface area contributed by atoms with Crippen LogP contribution in [0.3, 0.4) is 0 Å². The van der Waals surface area contributed by atoms with Gasteiger partial charge in [0.1, 0.15) is 0 Å². The van der Waals surface area contributed by atoms with Crippen molar-refractivity contribution in [2.75, 3.05) is 0 Å². The Kier molecular flexibility index (Phi) is 9.59. The zero-order valence-electron chi connectivity index (χ0n) is 55.5. The summed E-state index contributed by atoms with van der Waals surface area (Å²) < 4.78 is 108. The molecule has 392 valence electrons. The summed E-state index contributed by atoms with van der Waals surface area (Å²) in [6, 6.07) is 44.5. The first-order valence-corrected chi connectivity index (χ1v) is 27.7. The molecule has 0 bridgehead atoms. The van der Waals surface area contributed by atoms with E-state index in [1.165, 1.54) is 11.1 Å². The number of nitrogens with zero attached hydrogens (tertiary/aromatic N) is 5. The summed E-state index contributed by atoms with van der Waals surface area (Å²) in [5.41, 5.74) is 9.39. The number of imidazole rings is 1. The molecule has 4 aromatic heterocycles. The van der Waals surface area contributed by atoms with Gasteiger partial charge in [-0.25, -0.2) is 0 Å². The van der Waals surface area contributed by atoms with Gasteiger partial charge in [0.2, 0.25) is 0 Å². The standard InChI is InChI=1S/C72H63N5O.Pt/c1-70(2,3)49-37-38-73-67(41-49)77-66-45-54(35-36-57(66)60-39-50(71(4,5)6)40-61(69(60)77)72(7,8)9)78-53-28-22-27-51(42-53)74-46-75(65-34-21-20-33-64(65)74)68-58(47-23-12-10-13-24-47)43-52(44-59(68)48-25-14-11-15-26-48)76-62-31-18-16-29-55(62)56-30-17-19-32-63(56)76;/h10-45H,1-9H3;/i10D,11D,12D,13D,14D,15D,23D,24D,25D,26D;. The van der Waals surface area contributed by atoms with Crippen molar-refractivity contribution in [1.29, 1.82) is 0 Å². The van der Waals surface area contributed by atoms with Gasteiger partial charge in [-0.05, 0) is 33.4 Å². The number of benzene rings is 9. The molecular weight excluding hydrogens is 1150 g/mol. The van der Waals surface area contributed by atoms with E-state index in [4.69, 9.17) is 17.9 Å². The van der Waals surface area contributed by atoms with Crippen molar-refractivity contribution in [3.8, 4) is 56.6 Å². The summed E-state index contributed by atoms with van der Waals surface area (Å²) in [5, 5.41) is 4.04. The van der Waals surface area contributed by atoms with Gasteiger partial charge in [-0.1, -0.05) is 68.4 Å². The fraction of sp³-hybridized carbons (Fsp3) is 0.167. The Bertz CT molecular complexity index is 5030. The van der Waals surface area contributed by atoms with Gasteiger partial charge in [-0.3, -0.25) is 0 Å². The summed E-state index contributed by atoms with van der Waals surface area (Å²) in [6.45, 7) is 20.2. The van der Waals surface area contributed by atoms with E-state index in [-0.39, 0.29) is 44.2 Å². The van der Waals surface area contributed by atoms with Crippen LogP contribution in [0, 0.1) is 3.80 Å². The Morgan fingerprint density at radius 2 is 0.987 bits per heavy atom. The number of pyridine rings is 1. The molecule has 9 aromatic carbocycles. The normalized spacial score (nSPS) is 14.2. The fourth-order valence-corrected chi connectivity index (χ4v) is 12.3. The molecule has 0 saturated heterocycles. The molecule has 13 rings (SSSR count). The van der Waals surface area contributed by atoms with Crippen molar-refractivity contribution in [2.45, 2.75) is 78.6 Å². The fourth-order valence-electron chi connectivity index (χ4n) is 11.2. The monoisotopic (exact) mass is 1220 g/mol. The van der Waals surface area contributed by atoms with Crippen LogP contribution in [-0.4, -0.2) is 23.3 Å². The molecule has 0 aliphatic heterocycles. The summed E-state index contributed by atoms with van der Waals surface area (Å²) in [5.74, 6) is 1.92. The van der Waals surface area contributed by atoms with Crippen LogP contribution in [0.1, 0.15) is 92.7 Å². The minimum atomic E-state index is -0.578. The van der Waals surface area contributed by atoms with Crippen LogP contribution < -0.4 is 4.74 Å². The Morgan fingerprint density at radius 1 is 0.430 bits per heavy atom. The third-order valence-corrected chi connectivity index (χ3v) is 16.1. The number of fused-ring (bicyclic) bond motifs is 7. The van der Waals surface area contributed by atoms with E-state index >= 15 is 0 Å². The summed E-state index contributed by atoms with van der Waals surface area (Å²) in [6.07, 6.45) is 1.89. The van der Waals surface area contributed by atoms with Crippen molar-refractivity contribution in [3.05, 3.63) is 239 Å². The molecule has 4 heterocycles. The number of para-hydroxylation sites is 4. The first-order chi connectivity index (χ1) is 42.1. The Labute approximate surface area is 487 Å². The van der Waals surface area contributed by atoms with E-state index in [9.17, 15) is 5.48 Å². The van der Waals surface area contributed by atoms with Crippen molar-refractivity contribution >= 4 is 54.6 Å². The molecule has 0 N–H and O–H groups in total. The quantitative estimate of drug-likeness (QED) is 0.152. The van der Waals surface area contributed by atoms with Gasteiger partial charge in [0.05, 0.1) is 0 Å². The zero-order valence-corrected chi connectivity index (χ0v) is 47.7. The zero-order chi connectivity index (χ0) is 63.2. The first kappa shape index (κ1) is 40.0. The van der Waals surface area contributed by atoms with Gasteiger partial charge in [-0.2, -0.15) is 0 Å². The average molecular weight is 1220 g/mol. The molecule has 13 aromatic rings. The number of rotatable bonds is 8. The minimum absolute atomic E-state index is 0.123. The third-order valence-electron chi connectivity index (χ3n) is 15.1. The van der Waals surface area contributed by atoms with Gasteiger partial charge in [0, 0.05) is 6.20 Å². The van der Waals surface area contributed by atoms with Gasteiger partial charge in [0.15, 0.2) is 0 Å². The molecule has 0 amide bonds. The maximum absolute atomic E-state index is 9.62. The van der Waals surface area contributed by atoms with Crippen LogP contribution in [0.5, 0.6) is 11.5 Å². The molecule has 0 saturated carbocycles. The Balaban J connectivity index is 1.06. The van der Waals surface area contributed by atoms with E-state index in [0.717, 1.165) is 55.0 Å². The number of hydrogen-bond donors (Lipinski definition) is 0. The molecular formula is C72H63N5OPt. The number of ether oxygens (including phenoxy) is 1. The molecule has 0 aliphatic rings. The van der Waals surface area contributed by atoms with E-state index in [0.29, 0.717) is 37.7 Å². The van der Waals surface area contributed by atoms with Crippen LogP contribution in [0.25, 0.3) is 99.8 Å². The van der Waals surface area contributed by atoms with E-state index in [1.807, 2.05) is 123 Å². The molecule has 0 fully saturated rings. The number of aromatic nitrogens is 5. The average Bonchev–Trinajstić information content (AvgIpc) is 1.68. The molecule has 0 aliphatic carbocycles. The van der Waals surface area contributed by atoms with Gasteiger partial charge >= 0.3 is 382 Å². The molecule has 6 nitrogen and oxygen atoms in total. The topological polar surface area (TPSA) is 41.8 Å². The van der Waals surface area contributed by atoms with Crippen LogP contribution in [0.4, 0.5) is 0 Å². The van der Waals surface area contributed by atoms with Gasteiger partial charge in [-0.15, -0.1) is 0 Å². The maximum atomic E-state index is 9.62. The Hall–Kier alpha value is -8.31. The SMILES string of the molecule is [2H]c1c([2H])c([2H])c(-c2cc(-n3c4ccccc4c4ccccc43)cc(-c3c([2H])c([2H])c([2H])c([2H])c3[2H])c2-n2[c](=[Pt])n(-c3cccc(Oc4ccc5c6cc(C(C)(C)C)cc(C(C)(C)C)c6n(-c6cc(C(C)(C)C)ccn6)c5c4)c3)c3ccccc32)c([2H])c1[2H]. The van der Waals surface area contributed by atoms with Crippen molar-refractivity contribution in [3.63, 3.8) is 0 Å². The summed E-state index contributed by atoms with van der Waals surface area (Å²) in [4.78, 5) is 5.06. The molecule has 0 spiro atoms. The molecule has 0 radical (unpaired) electrons. The second-order valence-corrected chi connectivity index (χ2v) is 24.4. The Morgan fingerprint density at radius 3 is 1.58 bits per heavy atom. The molecule has 7 heteroatoms. The van der Waals surface area contributed by atoms with Crippen molar-refractivity contribution < 1.29 is 37.8 Å². The van der Waals surface area contributed by atoms with Crippen LogP contribution in [-0.2, 0) is 35.6 Å². The second kappa shape index (κ2) is 19.0. The predicted molar refractivity (Wildman–Crippen MR) is 326 cm³/mol. The summed E-state index contributed by atoms with van der Waals surface area (Å²) in [7, 11) is 0. The van der Waals surface area contributed by atoms with Crippen LogP contribution >= 0.6 is 0 Å². The molecule has 0 atom stereocenters. The van der Waals surface area contributed by atoms with Gasteiger partial charge in [0.25, 0.3) is 0 Å². The summed E-state index contributed by atoms with van der Waals surface area (Å²) >= 11 is 2.22. The second-order valence-electron chi connectivity index (χ2n) is 23.3. The predicted octanol–water partition coefficient (Wildman–Crippen LogP) is 19.1. The number of hydrogen-bond acceptors (Lipinski definition) is 2. The van der Waals surface area contributed by atoms with E-state index in [2.05, 4.69) is 123 Å². The molecule has 0 unspecified atom stereocenters. The van der Waals surface area contributed by atoms with E-state index in [1.54, 1.807) is 12.1 Å². The van der Waals surface area contributed by atoms with Gasteiger partial charge < -0.3 is 0 Å². The first-order valence-electron chi connectivity index (χ1n) is 31.5. The van der Waals surface area contributed by atoms with E-state index < -0.39 is 60.4 Å². The van der Waals surface area contributed by atoms with Crippen molar-refractivity contribution in [1.82, 2.24) is 23.3 Å². The van der Waals surface area contributed by atoms with Crippen LogP contribution in [0.15, 0.2) is 218 Å². The van der Waals surface area contributed by atoms with Crippen LogP contribution in [0.2, 0.25) is 0 Å². The van der Waals surface area contributed by atoms with Crippen molar-refractivity contribution in [2.24, 2.45) is 0 Å². The molecule has 79 heavy (non-hydrogen) atoms.